The molecular weight excluding hydrogens is 264 g/mol. The molecule has 18 heavy (non-hydrogen) atoms. The number of hydrogen-bond acceptors (Lipinski definition) is 2. The zero-order valence-electron chi connectivity index (χ0n) is 10.3. The Morgan fingerprint density at radius 2 is 1.44 bits per heavy atom. The van der Waals surface area contributed by atoms with Gasteiger partial charge in [-0.05, 0) is 17.2 Å². The summed E-state index contributed by atoms with van der Waals surface area (Å²) in [6.07, 6.45) is 3.23. The summed E-state index contributed by atoms with van der Waals surface area (Å²) in [6, 6.07) is 15.3. The topological polar surface area (TPSA) is 34.1 Å². The summed E-state index contributed by atoms with van der Waals surface area (Å²) in [7, 11) is -2.30. The molecule has 0 aliphatic carbocycles. The fraction of sp³-hybridized carbons (Fsp3) is 0.143. The van der Waals surface area contributed by atoms with Crippen LogP contribution in [-0.2, 0) is 21.6 Å². The van der Waals surface area contributed by atoms with Crippen molar-refractivity contribution in [3.63, 3.8) is 0 Å². The Morgan fingerprint density at radius 3 is 2.00 bits per heavy atom. The van der Waals surface area contributed by atoms with E-state index < -0.39 is 21.6 Å². The molecule has 2 rings (SSSR count). The normalized spacial score (nSPS) is 14.1. The molecule has 94 valence electrons. The Labute approximate surface area is 112 Å². The van der Waals surface area contributed by atoms with Gasteiger partial charge in [0, 0.05) is 12.5 Å². The third kappa shape index (κ3) is 2.60. The highest BCUT2D eigenvalue weighted by molar-refractivity contribution is 7.87. The maximum absolute atomic E-state index is 11.9. The summed E-state index contributed by atoms with van der Waals surface area (Å²) in [4.78, 5) is 1.32. The first-order chi connectivity index (χ1) is 8.61. The van der Waals surface area contributed by atoms with E-state index in [4.69, 9.17) is 0 Å². The summed E-state index contributed by atoms with van der Waals surface area (Å²) in [6.45, 7) is 0. The van der Waals surface area contributed by atoms with Crippen LogP contribution in [-0.4, -0.2) is 20.9 Å². The van der Waals surface area contributed by atoms with Crippen LogP contribution in [0.2, 0.25) is 0 Å². The van der Waals surface area contributed by atoms with Crippen molar-refractivity contribution >= 4 is 21.6 Å². The predicted molar refractivity (Wildman–Crippen MR) is 76.5 cm³/mol. The SMILES string of the molecule is CS(=O)c1cccc(-c2ccccc2)c1S(C)=O. The molecule has 0 saturated heterocycles. The molecule has 2 unspecified atom stereocenters. The van der Waals surface area contributed by atoms with Crippen LogP contribution >= 0.6 is 0 Å². The smallest absolute Gasteiger partial charge is 0.0624 e. The van der Waals surface area contributed by atoms with Gasteiger partial charge in [0.25, 0.3) is 0 Å². The van der Waals surface area contributed by atoms with E-state index in [0.717, 1.165) is 11.1 Å². The van der Waals surface area contributed by atoms with Crippen LogP contribution in [0.1, 0.15) is 0 Å². The second kappa shape index (κ2) is 5.59. The highest BCUT2D eigenvalue weighted by atomic mass is 32.2. The number of hydrogen-bond donors (Lipinski definition) is 0. The highest BCUT2D eigenvalue weighted by Gasteiger charge is 2.15. The minimum atomic E-state index is -1.17. The number of rotatable bonds is 3. The summed E-state index contributed by atoms with van der Waals surface area (Å²) in [5, 5.41) is 0. The van der Waals surface area contributed by atoms with Gasteiger partial charge in [0.15, 0.2) is 0 Å². The monoisotopic (exact) mass is 278 g/mol. The first-order valence-electron chi connectivity index (χ1n) is 5.46. The van der Waals surface area contributed by atoms with Gasteiger partial charge in [-0.1, -0.05) is 42.5 Å². The van der Waals surface area contributed by atoms with Crippen molar-refractivity contribution in [2.24, 2.45) is 0 Å². The fourth-order valence-corrected chi connectivity index (χ4v) is 4.08. The molecule has 0 heterocycles. The Balaban J connectivity index is 2.72. The van der Waals surface area contributed by atoms with Crippen LogP contribution in [0.15, 0.2) is 58.3 Å². The average Bonchev–Trinajstić information content (AvgIpc) is 2.38. The summed E-state index contributed by atoms with van der Waals surface area (Å²) < 4.78 is 23.7. The molecule has 0 saturated carbocycles. The summed E-state index contributed by atoms with van der Waals surface area (Å²) >= 11 is 0. The quantitative estimate of drug-likeness (QED) is 0.865. The van der Waals surface area contributed by atoms with Crippen LogP contribution in [0.4, 0.5) is 0 Å². The summed E-state index contributed by atoms with van der Waals surface area (Å²) in [5.41, 5.74) is 1.89. The first-order valence-corrected chi connectivity index (χ1v) is 8.58. The Kier molecular flexibility index (Phi) is 4.09. The zero-order valence-corrected chi connectivity index (χ0v) is 11.9. The molecule has 0 spiro atoms. The lowest BCUT2D eigenvalue weighted by molar-refractivity contribution is 0.679. The molecule has 2 nitrogen and oxygen atoms in total. The van der Waals surface area contributed by atoms with Crippen molar-refractivity contribution in [3.05, 3.63) is 48.5 Å². The van der Waals surface area contributed by atoms with Crippen molar-refractivity contribution < 1.29 is 8.42 Å². The van der Waals surface area contributed by atoms with Crippen LogP contribution in [0, 0.1) is 0 Å². The van der Waals surface area contributed by atoms with E-state index in [1.54, 1.807) is 18.6 Å². The van der Waals surface area contributed by atoms with Gasteiger partial charge in [0.2, 0.25) is 0 Å². The van der Waals surface area contributed by atoms with Gasteiger partial charge in [-0.25, -0.2) is 0 Å². The van der Waals surface area contributed by atoms with Gasteiger partial charge >= 0.3 is 0 Å². The molecule has 4 heteroatoms. The van der Waals surface area contributed by atoms with Crippen molar-refractivity contribution in [1.82, 2.24) is 0 Å². The highest BCUT2D eigenvalue weighted by Crippen LogP contribution is 2.30. The minimum Gasteiger partial charge on any atom is -0.255 e. The van der Waals surface area contributed by atoms with Gasteiger partial charge in [-0.2, -0.15) is 0 Å². The van der Waals surface area contributed by atoms with Crippen molar-refractivity contribution in [2.45, 2.75) is 9.79 Å². The van der Waals surface area contributed by atoms with Crippen LogP contribution < -0.4 is 0 Å². The maximum Gasteiger partial charge on any atom is 0.0624 e. The third-order valence-corrected chi connectivity index (χ3v) is 4.76. The van der Waals surface area contributed by atoms with Crippen LogP contribution in [0.3, 0.4) is 0 Å². The van der Waals surface area contributed by atoms with Gasteiger partial charge in [0.05, 0.1) is 31.4 Å². The van der Waals surface area contributed by atoms with E-state index >= 15 is 0 Å². The molecule has 0 aliphatic heterocycles. The van der Waals surface area contributed by atoms with Gasteiger partial charge in [-0.3, -0.25) is 8.42 Å². The van der Waals surface area contributed by atoms with Gasteiger partial charge < -0.3 is 0 Å². The van der Waals surface area contributed by atoms with Gasteiger partial charge in [-0.15, -0.1) is 0 Å². The molecule has 2 aromatic rings. The first kappa shape index (κ1) is 13.2. The second-order valence-corrected chi connectivity index (χ2v) is 6.57. The molecular formula is C14H14O2S2. The zero-order chi connectivity index (χ0) is 13.1. The molecule has 0 bridgehead atoms. The molecule has 2 aromatic carbocycles. The van der Waals surface area contributed by atoms with E-state index in [1.807, 2.05) is 42.5 Å². The molecule has 0 aromatic heterocycles. The van der Waals surface area contributed by atoms with E-state index in [-0.39, 0.29) is 0 Å². The van der Waals surface area contributed by atoms with Crippen molar-refractivity contribution in [1.29, 1.82) is 0 Å². The second-order valence-electron chi connectivity index (χ2n) is 3.91. The van der Waals surface area contributed by atoms with Crippen molar-refractivity contribution in [2.75, 3.05) is 12.5 Å². The van der Waals surface area contributed by atoms with Crippen LogP contribution in [0.5, 0.6) is 0 Å². The Morgan fingerprint density at radius 1 is 0.778 bits per heavy atom. The lowest BCUT2D eigenvalue weighted by Crippen LogP contribution is -2.00. The van der Waals surface area contributed by atoms with E-state index in [2.05, 4.69) is 0 Å². The van der Waals surface area contributed by atoms with E-state index in [1.165, 1.54) is 0 Å². The Bertz CT molecular complexity index is 606. The lowest BCUT2D eigenvalue weighted by Gasteiger charge is -2.11. The largest absolute Gasteiger partial charge is 0.255 e. The van der Waals surface area contributed by atoms with E-state index in [9.17, 15) is 8.42 Å². The summed E-state index contributed by atoms with van der Waals surface area (Å²) in [5.74, 6) is 0. The molecule has 0 radical (unpaired) electrons. The molecule has 0 amide bonds. The molecule has 0 fully saturated rings. The molecule has 0 aliphatic rings. The maximum atomic E-state index is 11.9. The minimum absolute atomic E-state index is 0.650. The molecule has 0 N–H and O–H groups in total. The predicted octanol–water partition coefficient (Wildman–Crippen LogP) is 2.83. The lowest BCUT2D eigenvalue weighted by atomic mass is 10.1. The average molecular weight is 278 g/mol. The van der Waals surface area contributed by atoms with Crippen molar-refractivity contribution in [3.8, 4) is 11.1 Å². The third-order valence-electron chi connectivity index (χ3n) is 2.66. The number of benzene rings is 2. The fourth-order valence-electron chi connectivity index (χ4n) is 1.88. The van der Waals surface area contributed by atoms with Gasteiger partial charge in [0.1, 0.15) is 0 Å². The molecule has 2 atom stereocenters. The van der Waals surface area contributed by atoms with Crippen LogP contribution in [0.25, 0.3) is 11.1 Å². The standard InChI is InChI=1S/C14H14O2S2/c1-17(15)13-10-6-9-12(14(13)18(2)16)11-7-4-3-5-8-11/h3-10H,1-2H3. The van der Waals surface area contributed by atoms with E-state index in [0.29, 0.717) is 9.79 Å². The Hall–Kier alpha value is -1.26.